The van der Waals surface area contributed by atoms with Crippen LogP contribution in [0.3, 0.4) is 0 Å². The predicted octanol–water partition coefficient (Wildman–Crippen LogP) is 5.53. The number of carbonyl (C=O) groups excluding carboxylic acids is 1. The van der Waals surface area contributed by atoms with Crippen molar-refractivity contribution in [2.24, 2.45) is 0 Å². The molecule has 0 radical (unpaired) electrons. The summed E-state index contributed by atoms with van der Waals surface area (Å²) in [5.41, 5.74) is 6.74. The molecule has 4 rings (SSSR count). The average Bonchev–Trinajstić information content (AvgIpc) is 3.47. The van der Waals surface area contributed by atoms with Crippen LogP contribution in [-0.2, 0) is 11.3 Å². The van der Waals surface area contributed by atoms with Crippen LogP contribution in [0.15, 0.2) is 65.8 Å². The number of hydrogen-bond donors (Lipinski definition) is 1. The Balaban J connectivity index is 1.59. The number of nitrogens with zero attached hydrogens (tertiary/aromatic N) is 2. The highest BCUT2D eigenvalue weighted by atomic mass is 16.5. The normalized spacial score (nSPS) is 11.7. The molecule has 0 saturated heterocycles. The first-order valence-electron chi connectivity index (χ1n) is 11.1. The summed E-state index contributed by atoms with van der Waals surface area (Å²) in [5.74, 6) is 0.595. The monoisotopic (exact) mass is 443 g/mol. The fraction of sp³-hybridized carbons (Fsp3) is 0.259. The van der Waals surface area contributed by atoms with Crippen molar-refractivity contribution >= 4 is 22.4 Å². The molecule has 0 aliphatic rings. The summed E-state index contributed by atoms with van der Waals surface area (Å²) >= 11 is 0. The van der Waals surface area contributed by atoms with Gasteiger partial charge in [-0.1, -0.05) is 29.8 Å². The Hall–Kier alpha value is -3.80. The molecule has 0 spiro atoms. The Kier molecular flexibility index (Phi) is 6.63. The SMILES string of the molecule is COc1c(/C(C)=C/C(=O)NCCCn2ccnc2)cc2c(-c3ccc(C)cc3)coc2c1C. The van der Waals surface area contributed by atoms with E-state index in [0.717, 1.165) is 51.8 Å². The Morgan fingerprint density at radius 3 is 2.73 bits per heavy atom. The molecule has 1 amide bonds. The quantitative estimate of drug-likeness (QED) is 0.287. The largest absolute Gasteiger partial charge is 0.496 e. The second kappa shape index (κ2) is 9.77. The fourth-order valence-corrected chi connectivity index (χ4v) is 4.05. The highest BCUT2D eigenvalue weighted by molar-refractivity contribution is 6.01. The van der Waals surface area contributed by atoms with E-state index < -0.39 is 0 Å². The predicted molar refractivity (Wildman–Crippen MR) is 131 cm³/mol. The maximum Gasteiger partial charge on any atom is 0.244 e. The van der Waals surface area contributed by atoms with Gasteiger partial charge in [-0.25, -0.2) is 4.98 Å². The van der Waals surface area contributed by atoms with E-state index in [1.807, 2.05) is 24.6 Å². The van der Waals surface area contributed by atoms with Crippen LogP contribution in [-0.4, -0.2) is 29.1 Å². The van der Waals surface area contributed by atoms with Crippen LogP contribution in [0.1, 0.15) is 30.0 Å². The summed E-state index contributed by atoms with van der Waals surface area (Å²) in [6.45, 7) is 7.39. The molecule has 0 saturated carbocycles. The van der Waals surface area contributed by atoms with Gasteiger partial charge in [-0.15, -0.1) is 0 Å². The zero-order chi connectivity index (χ0) is 23.4. The molecule has 170 valence electrons. The van der Waals surface area contributed by atoms with Crippen LogP contribution in [0.4, 0.5) is 0 Å². The third kappa shape index (κ3) is 4.85. The van der Waals surface area contributed by atoms with Gasteiger partial charge in [0, 0.05) is 53.6 Å². The standard InChI is InChI=1S/C27H29N3O3/c1-18-6-8-21(9-7-18)24-16-33-27-20(3)26(32-4)22(15-23(24)27)19(2)14-25(31)29-10-5-12-30-13-11-28-17-30/h6-9,11,13-17H,5,10,12H2,1-4H3,(H,29,31)/b19-14+. The molecule has 4 aromatic rings. The molecule has 2 heterocycles. The third-order valence-corrected chi connectivity index (χ3v) is 5.83. The van der Waals surface area contributed by atoms with Crippen LogP contribution in [0.5, 0.6) is 5.75 Å². The van der Waals surface area contributed by atoms with Crippen molar-refractivity contribution in [3.05, 3.63) is 78.1 Å². The van der Waals surface area contributed by atoms with Crippen LogP contribution in [0, 0.1) is 13.8 Å². The average molecular weight is 444 g/mol. The first-order chi connectivity index (χ1) is 16.0. The highest BCUT2D eigenvalue weighted by Gasteiger charge is 2.18. The van der Waals surface area contributed by atoms with Crippen LogP contribution >= 0.6 is 0 Å². The van der Waals surface area contributed by atoms with E-state index >= 15 is 0 Å². The molecule has 0 unspecified atom stereocenters. The molecule has 1 N–H and O–H groups in total. The maximum atomic E-state index is 12.5. The topological polar surface area (TPSA) is 69.3 Å². The lowest BCUT2D eigenvalue weighted by Crippen LogP contribution is -2.23. The van der Waals surface area contributed by atoms with Gasteiger partial charge in [-0.3, -0.25) is 4.79 Å². The van der Waals surface area contributed by atoms with Gasteiger partial charge in [0.15, 0.2) is 0 Å². The summed E-state index contributed by atoms with van der Waals surface area (Å²) in [5, 5.41) is 3.96. The summed E-state index contributed by atoms with van der Waals surface area (Å²) in [4.78, 5) is 16.6. The molecule has 2 aromatic heterocycles. The number of fused-ring (bicyclic) bond motifs is 1. The van der Waals surface area contributed by atoms with Crippen molar-refractivity contribution in [1.29, 1.82) is 0 Å². The van der Waals surface area contributed by atoms with Gasteiger partial charge in [-0.2, -0.15) is 0 Å². The molecule has 33 heavy (non-hydrogen) atoms. The number of carbonyl (C=O) groups is 1. The number of nitrogens with one attached hydrogen (secondary N) is 1. The number of imidazole rings is 1. The van der Waals surface area contributed by atoms with E-state index in [4.69, 9.17) is 9.15 Å². The van der Waals surface area contributed by atoms with Crippen molar-refractivity contribution in [1.82, 2.24) is 14.9 Å². The first-order valence-corrected chi connectivity index (χ1v) is 11.1. The van der Waals surface area contributed by atoms with E-state index in [1.165, 1.54) is 5.56 Å². The van der Waals surface area contributed by atoms with Gasteiger partial charge in [0.05, 0.1) is 19.7 Å². The third-order valence-electron chi connectivity index (χ3n) is 5.83. The zero-order valence-electron chi connectivity index (χ0n) is 19.5. The van der Waals surface area contributed by atoms with Crippen LogP contribution in [0.25, 0.3) is 27.7 Å². The van der Waals surface area contributed by atoms with Gasteiger partial charge in [0.1, 0.15) is 11.3 Å². The first kappa shape index (κ1) is 22.4. The van der Waals surface area contributed by atoms with Crippen LogP contribution < -0.4 is 10.1 Å². The van der Waals surface area contributed by atoms with Crippen LogP contribution in [0.2, 0.25) is 0 Å². The molecule has 0 atom stereocenters. The fourth-order valence-electron chi connectivity index (χ4n) is 4.05. The van der Waals surface area contributed by atoms with Crippen molar-refractivity contribution in [2.75, 3.05) is 13.7 Å². The molecule has 0 aliphatic carbocycles. The van der Waals surface area contributed by atoms with E-state index in [2.05, 4.69) is 47.6 Å². The number of benzene rings is 2. The van der Waals surface area contributed by atoms with E-state index in [0.29, 0.717) is 12.3 Å². The Morgan fingerprint density at radius 1 is 1.24 bits per heavy atom. The lowest BCUT2D eigenvalue weighted by atomic mass is 9.96. The minimum atomic E-state index is -0.121. The number of furan rings is 1. The summed E-state index contributed by atoms with van der Waals surface area (Å²) in [6, 6.07) is 10.4. The summed E-state index contributed by atoms with van der Waals surface area (Å²) in [7, 11) is 1.64. The van der Waals surface area contributed by atoms with Crippen molar-refractivity contribution < 1.29 is 13.9 Å². The number of methoxy groups -OCH3 is 1. The number of aromatic nitrogens is 2. The Labute approximate surface area is 193 Å². The second-order valence-corrected chi connectivity index (χ2v) is 8.25. The lowest BCUT2D eigenvalue weighted by Gasteiger charge is -2.13. The number of amides is 1. The lowest BCUT2D eigenvalue weighted by molar-refractivity contribution is -0.116. The van der Waals surface area contributed by atoms with E-state index in [9.17, 15) is 4.79 Å². The van der Waals surface area contributed by atoms with E-state index in [-0.39, 0.29) is 5.91 Å². The molecular weight excluding hydrogens is 414 g/mol. The second-order valence-electron chi connectivity index (χ2n) is 8.25. The minimum absolute atomic E-state index is 0.121. The molecule has 0 bridgehead atoms. The van der Waals surface area contributed by atoms with Gasteiger partial charge in [0.2, 0.25) is 5.91 Å². The smallest absolute Gasteiger partial charge is 0.244 e. The molecule has 0 fully saturated rings. The van der Waals surface area contributed by atoms with Gasteiger partial charge in [0.25, 0.3) is 0 Å². The van der Waals surface area contributed by atoms with Crippen molar-refractivity contribution in [3.8, 4) is 16.9 Å². The molecule has 6 nitrogen and oxygen atoms in total. The highest BCUT2D eigenvalue weighted by Crippen LogP contribution is 2.40. The van der Waals surface area contributed by atoms with Gasteiger partial charge in [-0.05, 0) is 44.4 Å². The van der Waals surface area contributed by atoms with Crippen molar-refractivity contribution in [3.63, 3.8) is 0 Å². The number of rotatable bonds is 8. The van der Waals surface area contributed by atoms with Gasteiger partial charge >= 0.3 is 0 Å². The molecule has 6 heteroatoms. The number of allylic oxidation sites excluding steroid dienone is 1. The minimum Gasteiger partial charge on any atom is -0.496 e. The maximum absolute atomic E-state index is 12.5. The summed E-state index contributed by atoms with van der Waals surface area (Å²) < 4.78 is 13.6. The number of ether oxygens (including phenoxy) is 1. The molecule has 0 aliphatic heterocycles. The van der Waals surface area contributed by atoms with Crippen molar-refractivity contribution in [2.45, 2.75) is 33.7 Å². The Bertz CT molecular complexity index is 1280. The Morgan fingerprint density at radius 2 is 2.03 bits per heavy atom. The van der Waals surface area contributed by atoms with E-state index in [1.54, 1.807) is 32.0 Å². The number of hydrogen-bond acceptors (Lipinski definition) is 4. The summed E-state index contributed by atoms with van der Waals surface area (Å²) in [6.07, 6.45) is 9.69. The molecule has 2 aromatic carbocycles. The van der Waals surface area contributed by atoms with Gasteiger partial charge < -0.3 is 19.0 Å². The molecular formula is C27H29N3O3. The zero-order valence-corrected chi connectivity index (χ0v) is 19.5. The number of aryl methyl sites for hydroxylation is 3.